The molecule has 1 aromatic carbocycles. The average Bonchev–Trinajstić information content (AvgIpc) is 3.17. The number of H-pyrrole nitrogens is 1. The van der Waals surface area contributed by atoms with Crippen LogP contribution in [0.2, 0.25) is 0 Å². The molecule has 0 aliphatic rings. The van der Waals surface area contributed by atoms with E-state index in [0.717, 1.165) is 36.2 Å². The van der Waals surface area contributed by atoms with Crippen LogP contribution in [0.25, 0.3) is 10.2 Å². The summed E-state index contributed by atoms with van der Waals surface area (Å²) in [5.41, 5.74) is -0.208. The highest BCUT2D eigenvalue weighted by atomic mass is 32.1. The highest BCUT2D eigenvalue weighted by Crippen LogP contribution is 2.29. The molecule has 7 heteroatoms. The number of rotatable bonds is 8. The van der Waals surface area contributed by atoms with Gasteiger partial charge in [-0.1, -0.05) is 27.2 Å². The van der Waals surface area contributed by atoms with Gasteiger partial charge in [-0.25, -0.2) is 13.8 Å². The summed E-state index contributed by atoms with van der Waals surface area (Å²) in [6.07, 6.45) is 2.23. The van der Waals surface area contributed by atoms with E-state index in [1.165, 1.54) is 17.4 Å². The molecule has 2 aromatic heterocycles. The summed E-state index contributed by atoms with van der Waals surface area (Å²) in [5.74, 6) is -1.51. The van der Waals surface area contributed by atoms with Crippen molar-refractivity contribution in [2.45, 2.75) is 46.0 Å². The Bertz CT molecular complexity index is 1080. The first-order chi connectivity index (χ1) is 13.8. The number of nitrogens with zero attached hydrogens (tertiary/aromatic N) is 1. The van der Waals surface area contributed by atoms with Gasteiger partial charge in [-0.2, -0.15) is 0 Å². The van der Waals surface area contributed by atoms with Gasteiger partial charge in [-0.3, -0.25) is 9.59 Å². The number of aromatic amines is 1. The van der Waals surface area contributed by atoms with Gasteiger partial charge in [0.15, 0.2) is 5.78 Å². The molecule has 154 valence electrons. The predicted molar refractivity (Wildman–Crippen MR) is 112 cm³/mol. The van der Waals surface area contributed by atoms with Crippen molar-refractivity contribution >= 4 is 27.3 Å². The number of Topliss-reactive ketones (excluding diaryl/α,β-unsaturated/α-hetero) is 1. The van der Waals surface area contributed by atoms with Crippen molar-refractivity contribution in [3.63, 3.8) is 0 Å². The maximum Gasteiger partial charge on any atom is 0.259 e. The number of benzene rings is 1. The summed E-state index contributed by atoms with van der Waals surface area (Å²) in [6, 6.07) is 4.82. The van der Waals surface area contributed by atoms with Gasteiger partial charge in [0.1, 0.15) is 22.3 Å². The van der Waals surface area contributed by atoms with Crippen molar-refractivity contribution in [1.82, 2.24) is 9.97 Å². The summed E-state index contributed by atoms with van der Waals surface area (Å²) < 4.78 is 27.1. The first-order valence-corrected chi connectivity index (χ1v) is 10.7. The van der Waals surface area contributed by atoms with Crippen LogP contribution >= 0.6 is 11.3 Å². The molecule has 3 atom stereocenters. The van der Waals surface area contributed by atoms with E-state index in [1.807, 2.05) is 19.2 Å². The lowest BCUT2D eigenvalue weighted by Crippen LogP contribution is -2.22. The van der Waals surface area contributed by atoms with Gasteiger partial charge in [0.05, 0.1) is 10.9 Å². The van der Waals surface area contributed by atoms with Crippen molar-refractivity contribution < 1.29 is 13.6 Å². The second-order valence-corrected chi connectivity index (χ2v) is 8.41. The van der Waals surface area contributed by atoms with Crippen LogP contribution in [0.1, 0.15) is 62.1 Å². The fourth-order valence-corrected chi connectivity index (χ4v) is 4.44. The molecule has 0 fully saturated rings. The van der Waals surface area contributed by atoms with Crippen molar-refractivity contribution in [1.29, 1.82) is 0 Å². The van der Waals surface area contributed by atoms with E-state index in [0.29, 0.717) is 11.2 Å². The largest absolute Gasteiger partial charge is 0.310 e. The molecule has 4 nitrogen and oxygen atoms in total. The van der Waals surface area contributed by atoms with Gasteiger partial charge >= 0.3 is 0 Å². The summed E-state index contributed by atoms with van der Waals surface area (Å²) in [4.78, 5) is 33.0. The van der Waals surface area contributed by atoms with Gasteiger partial charge in [0.25, 0.3) is 5.56 Å². The summed E-state index contributed by atoms with van der Waals surface area (Å²) in [5, 5.41) is 2.44. The second-order valence-electron chi connectivity index (χ2n) is 7.51. The Morgan fingerprint density at radius 1 is 1.21 bits per heavy atom. The Morgan fingerprint density at radius 2 is 1.97 bits per heavy atom. The molecule has 0 amide bonds. The normalized spacial score (nSPS) is 14.7. The lowest BCUT2D eigenvalue weighted by Gasteiger charge is -2.23. The van der Waals surface area contributed by atoms with E-state index >= 15 is 0 Å². The quantitative estimate of drug-likeness (QED) is 0.478. The molecule has 0 saturated heterocycles. The van der Waals surface area contributed by atoms with Crippen LogP contribution in [0.5, 0.6) is 0 Å². The van der Waals surface area contributed by atoms with Crippen LogP contribution < -0.4 is 5.56 Å². The van der Waals surface area contributed by atoms with E-state index < -0.39 is 11.6 Å². The van der Waals surface area contributed by atoms with Crippen LogP contribution in [0.15, 0.2) is 34.4 Å². The van der Waals surface area contributed by atoms with Gasteiger partial charge in [0.2, 0.25) is 0 Å². The minimum Gasteiger partial charge on any atom is -0.310 e. The molecular weight excluding hydrogens is 394 g/mol. The first kappa shape index (κ1) is 21.3. The zero-order valence-corrected chi connectivity index (χ0v) is 17.5. The third-order valence-electron chi connectivity index (χ3n) is 5.63. The minimum absolute atomic E-state index is 0.0214. The van der Waals surface area contributed by atoms with Gasteiger partial charge in [-0.05, 0) is 42.3 Å². The minimum atomic E-state index is -0.823. The maximum atomic E-state index is 14.0. The molecule has 0 radical (unpaired) electrons. The third-order valence-corrected chi connectivity index (χ3v) is 6.44. The number of halogens is 2. The molecule has 3 aromatic rings. The van der Waals surface area contributed by atoms with Crippen molar-refractivity contribution in [3.05, 3.63) is 63.0 Å². The number of carbonyl (C=O) groups is 1. The summed E-state index contributed by atoms with van der Waals surface area (Å²) in [7, 11) is 0. The van der Waals surface area contributed by atoms with E-state index in [9.17, 15) is 18.4 Å². The van der Waals surface area contributed by atoms with E-state index in [1.54, 1.807) is 13.0 Å². The van der Waals surface area contributed by atoms with Crippen LogP contribution in [-0.4, -0.2) is 15.8 Å². The van der Waals surface area contributed by atoms with Gasteiger partial charge < -0.3 is 4.98 Å². The van der Waals surface area contributed by atoms with Crippen LogP contribution in [-0.2, 0) is 0 Å². The smallest absolute Gasteiger partial charge is 0.259 e. The molecule has 0 aliphatic heterocycles. The van der Waals surface area contributed by atoms with Gasteiger partial charge in [-0.15, -0.1) is 11.3 Å². The number of aromatic nitrogens is 2. The van der Waals surface area contributed by atoms with Crippen LogP contribution in [0.3, 0.4) is 0 Å². The maximum absolute atomic E-state index is 14.0. The SMILES string of the molecule is CCC(CCC(C)c1nc2sccc2c(=O)[nH]1)C(C)C(=O)c1ccc(F)cc1F. The van der Waals surface area contributed by atoms with Crippen LogP contribution in [0.4, 0.5) is 8.78 Å². The Labute approximate surface area is 172 Å². The Balaban J connectivity index is 1.69. The molecule has 0 aliphatic carbocycles. The Hall–Kier alpha value is -2.41. The van der Waals surface area contributed by atoms with Crippen molar-refractivity contribution in [2.24, 2.45) is 11.8 Å². The molecule has 0 bridgehead atoms. The number of nitrogens with one attached hydrogen (secondary N) is 1. The molecule has 0 saturated carbocycles. The number of carbonyl (C=O) groups excluding carboxylic acids is 1. The summed E-state index contributed by atoms with van der Waals surface area (Å²) >= 11 is 1.43. The van der Waals surface area contributed by atoms with Gasteiger partial charge in [0, 0.05) is 17.9 Å². The van der Waals surface area contributed by atoms with Crippen molar-refractivity contribution in [2.75, 3.05) is 0 Å². The first-order valence-electron chi connectivity index (χ1n) is 9.78. The van der Waals surface area contributed by atoms with E-state index in [-0.39, 0.29) is 34.7 Å². The number of fused-ring (bicyclic) bond motifs is 1. The highest BCUT2D eigenvalue weighted by Gasteiger charge is 2.26. The Kier molecular flexibility index (Phi) is 6.57. The highest BCUT2D eigenvalue weighted by molar-refractivity contribution is 7.16. The molecule has 3 rings (SSSR count). The molecule has 0 spiro atoms. The van der Waals surface area contributed by atoms with E-state index in [4.69, 9.17) is 0 Å². The lowest BCUT2D eigenvalue weighted by atomic mass is 9.81. The number of hydrogen-bond donors (Lipinski definition) is 1. The predicted octanol–water partition coefficient (Wildman–Crippen LogP) is 5.69. The number of hydrogen-bond acceptors (Lipinski definition) is 4. The third kappa shape index (κ3) is 4.61. The molecule has 29 heavy (non-hydrogen) atoms. The fourth-order valence-electron chi connectivity index (χ4n) is 3.67. The number of thiophene rings is 1. The standard InChI is InChI=1S/C22H24F2N2O2S/c1-4-14(13(3)19(27)16-8-7-15(23)11-18(16)24)6-5-12(2)20-25-21(28)17-9-10-29-22(17)26-20/h7-14H,4-6H2,1-3H3,(H,25,26,28). The Morgan fingerprint density at radius 3 is 2.66 bits per heavy atom. The fraction of sp³-hybridized carbons (Fsp3) is 0.409. The second kappa shape index (κ2) is 8.95. The summed E-state index contributed by atoms with van der Waals surface area (Å²) in [6.45, 7) is 5.79. The zero-order chi connectivity index (χ0) is 21.1. The lowest BCUT2D eigenvalue weighted by molar-refractivity contribution is 0.0872. The van der Waals surface area contributed by atoms with Crippen LogP contribution in [0, 0.1) is 23.5 Å². The average molecular weight is 419 g/mol. The molecular formula is C22H24F2N2O2S. The topological polar surface area (TPSA) is 62.8 Å². The molecule has 2 heterocycles. The number of ketones is 1. The van der Waals surface area contributed by atoms with E-state index in [2.05, 4.69) is 9.97 Å². The monoisotopic (exact) mass is 418 g/mol. The molecule has 3 unspecified atom stereocenters. The van der Waals surface area contributed by atoms with Crippen molar-refractivity contribution in [3.8, 4) is 0 Å². The molecule has 1 N–H and O–H groups in total. The zero-order valence-electron chi connectivity index (χ0n) is 16.7.